The maximum absolute atomic E-state index is 15.6. The van der Waals surface area contributed by atoms with Crippen molar-refractivity contribution in [2.75, 3.05) is 54.1 Å². The summed E-state index contributed by atoms with van der Waals surface area (Å²) < 4.78 is 30.4. The van der Waals surface area contributed by atoms with E-state index in [4.69, 9.17) is 11.5 Å². The number of nitrogens with zero attached hydrogens (tertiary/aromatic N) is 6. The van der Waals surface area contributed by atoms with E-state index >= 15 is 4.39 Å². The highest BCUT2D eigenvalue weighted by molar-refractivity contribution is 6.16. The molecule has 11 nitrogen and oxygen atoms in total. The van der Waals surface area contributed by atoms with Crippen LogP contribution in [0, 0.1) is 17.0 Å². The number of anilines is 6. The summed E-state index contributed by atoms with van der Waals surface area (Å²) >= 11 is 0. The second-order valence-corrected chi connectivity index (χ2v) is 10.9. The lowest BCUT2D eigenvalue weighted by Gasteiger charge is -2.34. The standard InChI is InChI=1S/C30H31F2N9O2/c1-38-14-16-39(17-15-38)21-8-4-20(5-9-21)35-29-36-28(34)41(37-29)25-11-10-23(18-24(25)32)40(22-6-2-19(31)3-7-22)27(43)30(12-13-30)26(33)42/h2-11,18H,12-17H2,1H3,(H2,33,42)(H3,34,35,36,37). The van der Waals surface area contributed by atoms with Crippen LogP contribution in [0.2, 0.25) is 0 Å². The minimum Gasteiger partial charge on any atom is -0.369 e. The van der Waals surface area contributed by atoms with Crippen LogP contribution in [0.15, 0.2) is 66.7 Å². The van der Waals surface area contributed by atoms with E-state index in [1.165, 1.54) is 41.3 Å². The Labute approximate surface area is 246 Å². The first kappa shape index (κ1) is 28.1. The first-order valence-electron chi connectivity index (χ1n) is 13.9. The quantitative estimate of drug-likeness (QED) is 0.266. The maximum Gasteiger partial charge on any atom is 0.248 e. The lowest BCUT2D eigenvalue weighted by Crippen LogP contribution is -2.44. The van der Waals surface area contributed by atoms with Gasteiger partial charge in [-0.1, -0.05) is 0 Å². The van der Waals surface area contributed by atoms with Crippen molar-refractivity contribution >= 4 is 46.5 Å². The topological polar surface area (TPSA) is 139 Å². The molecule has 222 valence electrons. The average molecular weight is 588 g/mol. The molecule has 0 atom stereocenters. The van der Waals surface area contributed by atoms with E-state index < -0.39 is 28.9 Å². The van der Waals surface area contributed by atoms with E-state index in [-0.39, 0.29) is 41.8 Å². The van der Waals surface area contributed by atoms with Crippen LogP contribution in [0.3, 0.4) is 0 Å². The number of nitrogens with one attached hydrogen (secondary N) is 1. The Morgan fingerprint density at radius 3 is 2.19 bits per heavy atom. The Kier molecular flexibility index (Phi) is 7.18. The first-order chi connectivity index (χ1) is 20.6. The van der Waals surface area contributed by atoms with E-state index in [1.54, 1.807) is 0 Å². The predicted molar refractivity (Wildman–Crippen MR) is 160 cm³/mol. The molecule has 1 aliphatic heterocycles. The number of halogens is 2. The van der Waals surface area contributed by atoms with Gasteiger partial charge in [0.15, 0.2) is 5.82 Å². The molecule has 5 N–H and O–H groups in total. The lowest BCUT2D eigenvalue weighted by molar-refractivity contribution is -0.133. The molecule has 1 aliphatic carbocycles. The van der Waals surface area contributed by atoms with Crippen LogP contribution in [-0.2, 0) is 9.59 Å². The molecule has 6 rings (SSSR count). The van der Waals surface area contributed by atoms with E-state index in [0.717, 1.165) is 48.3 Å². The number of piperazine rings is 1. The molecule has 2 fully saturated rings. The second kappa shape index (κ2) is 11.0. The van der Waals surface area contributed by atoms with Crippen LogP contribution < -0.4 is 26.6 Å². The fraction of sp³-hybridized carbons (Fsp3) is 0.267. The molecule has 0 unspecified atom stereocenters. The average Bonchev–Trinajstić information content (AvgIpc) is 3.74. The molecule has 1 saturated heterocycles. The molecule has 0 bridgehead atoms. The van der Waals surface area contributed by atoms with Gasteiger partial charge < -0.3 is 26.6 Å². The van der Waals surface area contributed by atoms with Crippen molar-refractivity contribution in [2.45, 2.75) is 12.8 Å². The van der Waals surface area contributed by atoms with Gasteiger partial charge in [0.05, 0.1) is 5.69 Å². The highest BCUT2D eigenvalue weighted by Gasteiger charge is 2.57. The number of benzene rings is 3. The number of nitrogens with two attached hydrogens (primary N) is 2. The van der Waals surface area contributed by atoms with Crippen molar-refractivity contribution in [1.29, 1.82) is 0 Å². The molecule has 4 aromatic rings. The Bertz CT molecular complexity index is 1660. The van der Waals surface area contributed by atoms with Crippen molar-refractivity contribution < 1.29 is 18.4 Å². The smallest absolute Gasteiger partial charge is 0.248 e. The van der Waals surface area contributed by atoms with E-state index in [9.17, 15) is 14.0 Å². The number of carbonyl (C=O) groups excluding carboxylic acids is 2. The van der Waals surface area contributed by atoms with Crippen molar-refractivity contribution in [1.82, 2.24) is 19.7 Å². The van der Waals surface area contributed by atoms with Gasteiger partial charge in [0.2, 0.25) is 23.7 Å². The van der Waals surface area contributed by atoms with Gasteiger partial charge in [-0.3, -0.25) is 14.5 Å². The minimum absolute atomic E-state index is 0.00486. The summed E-state index contributed by atoms with van der Waals surface area (Å²) in [6, 6.07) is 17.0. The molecule has 1 saturated carbocycles. The summed E-state index contributed by atoms with van der Waals surface area (Å²) in [6.45, 7) is 3.93. The molecule has 1 aromatic heterocycles. The van der Waals surface area contributed by atoms with Gasteiger partial charge in [-0.05, 0) is 80.6 Å². The van der Waals surface area contributed by atoms with Crippen molar-refractivity contribution in [3.8, 4) is 5.69 Å². The van der Waals surface area contributed by atoms with Gasteiger partial charge in [0.1, 0.15) is 16.9 Å². The monoisotopic (exact) mass is 587 g/mol. The van der Waals surface area contributed by atoms with Gasteiger partial charge in [-0.2, -0.15) is 9.67 Å². The zero-order valence-corrected chi connectivity index (χ0v) is 23.5. The summed E-state index contributed by atoms with van der Waals surface area (Å²) in [7, 11) is 2.11. The number of hydrogen-bond donors (Lipinski definition) is 3. The second-order valence-electron chi connectivity index (χ2n) is 10.9. The highest BCUT2D eigenvalue weighted by atomic mass is 19.1. The fourth-order valence-electron chi connectivity index (χ4n) is 5.19. The van der Waals surface area contributed by atoms with Gasteiger partial charge in [-0.15, -0.1) is 5.10 Å². The molecule has 0 radical (unpaired) electrons. The van der Waals surface area contributed by atoms with E-state index in [2.05, 4.69) is 32.2 Å². The van der Waals surface area contributed by atoms with Gasteiger partial charge in [-0.25, -0.2) is 8.78 Å². The van der Waals surface area contributed by atoms with Crippen LogP contribution in [0.1, 0.15) is 12.8 Å². The van der Waals surface area contributed by atoms with Crippen LogP contribution >= 0.6 is 0 Å². The number of likely N-dealkylation sites (N-methyl/N-ethyl adjacent to an activating group) is 1. The Morgan fingerprint density at radius 1 is 0.930 bits per heavy atom. The van der Waals surface area contributed by atoms with Gasteiger partial charge in [0.25, 0.3) is 0 Å². The van der Waals surface area contributed by atoms with Crippen molar-refractivity contribution in [3.05, 3.63) is 78.4 Å². The van der Waals surface area contributed by atoms with Crippen molar-refractivity contribution in [3.63, 3.8) is 0 Å². The number of nitrogen functional groups attached to an aromatic ring is 1. The lowest BCUT2D eigenvalue weighted by atomic mass is 10.0. The third-order valence-electron chi connectivity index (χ3n) is 7.96. The largest absolute Gasteiger partial charge is 0.369 e. The summed E-state index contributed by atoms with van der Waals surface area (Å²) in [6.07, 6.45) is 0.562. The van der Waals surface area contributed by atoms with E-state index in [1.807, 2.05) is 24.3 Å². The zero-order valence-electron chi connectivity index (χ0n) is 23.5. The Hall–Kier alpha value is -5.04. The zero-order chi connectivity index (χ0) is 30.3. The maximum atomic E-state index is 15.6. The van der Waals surface area contributed by atoms with E-state index in [0.29, 0.717) is 0 Å². The number of amides is 2. The normalized spacial score (nSPS) is 16.1. The highest BCUT2D eigenvalue weighted by Crippen LogP contribution is 2.49. The number of rotatable bonds is 8. The number of aromatic nitrogens is 3. The fourth-order valence-corrected chi connectivity index (χ4v) is 5.19. The third kappa shape index (κ3) is 5.46. The summed E-state index contributed by atoms with van der Waals surface area (Å²) in [5, 5.41) is 7.43. The SMILES string of the molecule is CN1CCN(c2ccc(Nc3nc(N)n(-c4ccc(N(C(=O)C5(C(N)=O)CC5)c5ccc(F)cc5)cc4F)n3)cc2)CC1. The van der Waals surface area contributed by atoms with Crippen molar-refractivity contribution in [2.24, 2.45) is 11.1 Å². The van der Waals surface area contributed by atoms with Gasteiger partial charge in [0, 0.05) is 49.3 Å². The number of hydrogen-bond acceptors (Lipinski definition) is 8. The molecule has 43 heavy (non-hydrogen) atoms. The Morgan fingerprint density at radius 2 is 1.58 bits per heavy atom. The number of primary amides is 1. The molecule has 2 heterocycles. The molecular formula is C30H31F2N9O2. The van der Waals surface area contributed by atoms with Crippen LogP contribution in [0.4, 0.5) is 43.4 Å². The Balaban J connectivity index is 1.24. The summed E-state index contributed by atoms with van der Waals surface area (Å²) in [5.74, 6) is -2.50. The first-order valence-corrected chi connectivity index (χ1v) is 13.9. The van der Waals surface area contributed by atoms with Gasteiger partial charge >= 0.3 is 0 Å². The van der Waals surface area contributed by atoms with Crippen LogP contribution in [-0.4, -0.2) is 64.7 Å². The van der Waals surface area contributed by atoms with Crippen LogP contribution in [0.25, 0.3) is 5.69 Å². The summed E-state index contributed by atoms with van der Waals surface area (Å²) in [5.41, 5.74) is 12.5. The third-order valence-corrected chi connectivity index (χ3v) is 7.96. The summed E-state index contributed by atoms with van der Waals surface area (Å²) in [4.78, 5) is 35.7. The molecular weight excluding hydrogens is 556 g/mol. The minimum atomic E-state index is -1.39. The molecule has 2 amide bonds. The molecule has 13 heteroatoms. The molecule has 0 spiro atoms. The molecule has 3 aromatic carbocycles. The molecule has 2 aliphatic rings. The predicted octanol–water partition coefficient (Wildman–Crippen LogP) is 3.55. The number of carbonyl (C=O) groups is 2. The van der Waals surface area contributed by atoms with Crippen LogP contribution in [0.5, 0.6) is 0 Å².